The van der Waals surface area contributed by atoms with Crippen LogP contribution in [0.15, 0.2) is 53.0 Å². The number of nitrogens with one attached hydrogen (secondary N) is 2. The molecule has 1 aliphatic rings. The molecule has 31 heavy (non-hydrogen) atoms. The number of benzene rings is 2. The maximum atomic E-state index is 5.80. The summed E-state index contributed by atoms with van der Waals surface area (Å²) in [5, 5.41) is 8.29. The first-order chi connectivity index (χ1) is 15.1. The largest absolute Gasteiger partial charge is 0.492 e. The Hall–Kier alpha value is -2.38. The average molecular weight is 484 g/mol. The molecule has 0 atom stereocenters. The molecule has 0 amide bonds. The lowest BCUT2D eigenvalue weighted by atomic mass is 9.91. The maximum Gasteiger partial charge on any atom is 0.225 e. The van der Waals surface area contributed by atoms with Gasteiger partial charge in [-0.05, 0) is 62.1 Å². The molecule has 1 aromatic heterocycles. The van der Waals surface area contributed by atoms with E-state index in [-0.39, 0.29) is 0 Å². The molecule has 1 aliphatic carbocycles. The van der Waals surface area contributed by atoms with Crippen LogP contribution >= 0.6 is 15.9 Å². The lowest BCUT2D eigenvalue weighted by Gasteiger charge is -2.30. The van der Waals surface area contributed by atoms with Gasteiger partial charge in [-0.1, -0.05) is 28.1 Å². The molecular formula is C24H30BrN5O. The van der Waals surface area contributed by atoms with Crippen LogP contribution in [0.2, 0.25) is 0 Å². The number of aromatic nitrogens is 2. The monoisotopic (exact) mass is 483 g/mol. The van der Waals surface area contributed by atoms with Gasteiger partial charge in [-0.25, -0.2) is 4.98 Å². The smallest absolute Gasteiger partial charge is 0.225 e. The third-order valence-electron chi connectivity index (χ3n) is 5.68. The normalized spacial score (nSPS) is 18.7. The second-order valence-corrected chi connectivity index (χ2v) is 9.15. The van der Waals surface area contributed by atoms with Crippen molar-refractivity contribution in [2.75, 3.05) is 37.5 Å². The quantitative estimate of drug-likeness (QED) is 0.446. The molecule has 1 saturated carbocycles. The average Bonchev–Trinajstić information content (AvgIpc) is 2.78. The van der Waals surface area contributed by atoms with E-state index in [1.807, 2.05) is 61.5 Å². The molecule has 7 heteroatoms. The van der Waals surface area contributed by atoms with Crippen molar-refractivity contribution in [3.05, 3.63) is 53.0 Å². The lowest BCUT2D eigenvalue weighted by molar-refractivity contribution is 0.285. The summed E-state index contributed by atoms with van der Waals surface area (Å²) < 4.78 is 6.87. The molecule has 1 heterocycles. The fourth-order valence-electron chi connectivity index (χ4n) is 4.05. The fraction of sp³-hybridized carbons (Fsp3) is 0.417. The Morgan fingerprint density at radius 2 is 1.68 bits per heavy atom. The summed E-state index contributed by atoms with van der Waals surface area (Å²) in [6.45, 7) is 1.54. The van der Waals surface area contributed by atoms with Crippen LogP contribution in [0.3, 0.4) is 0 Å². The highest BCUT2D eigenvalue weighted by Gasteiger charge is 2.22. The summed E-state index contributed by atoms with van der Waals surface area (Å²) in [5.41, 5.74) is 0.977. The van der Waals surface area contributed by atoms with Gasteiger partial charge in [0.1, 0.15) is 18.2 Å². The maximum absolute atomic E-state index is 5.80. The van der Waals surface area contributed by atoms with E-state index in [4.69, 9.17) is 14.7 Å². The van der Waals surface area contributed by atoms with Gasteiger partial charge in [-0.3, -0.25) is 0 Å². The molecule has 0 bridgehead atoms. The summed E-state index contributed by atoms with van der Waals surface area (Å²) in [4.78, 5) is 11.6. The zero-order valence-electron chi connectivity index (χ0n) is 18.1. The van der Waals surface area contributed by atoms with Crippen molar-refractivity contribution in [1.82, 2.24) is 15.3 Å². The molecule has 0 spiro atoms. The SMILES string of the molecule is CN(C)c1nc(N[C@H]2CC[C@@H](NCCOc3ccc(Br)cc3)CC2)nc2ccccc12. The van der Waals surface area contributed by atoms with Gasteiger partial charge >= 0.3 is 0 Å². The number of para-hydroxylation sites is 1. The molecule has 1 fully saturated rings. The minimum absolute atomic E-state index is 0.410. The van der Waals surface area contributed by atoms with Gasteiger partial charge < -0.3 is 20.3 Å². The summed E-state index contributed by atoms with van der Waals surface area (Å²) in [7, 11) is 4.05. The molecule has 2 aromatic carbocycles. The second kappa shape index (κ2) is 10.3. The first kappa shape index (κ1) is 21.8. The van der Waals surface area contributed by atoms with Crippen molar-refractivity contribution in [3.63, 3.8) is 0 Å². The number of ether oxygens (including phenoxy) is 1. The highest BCUT2D eigenvalue weighted by atomic mass is 79.9. The van der Waals surface area contributed by atoms with E-state index in [1.54, 1.807) is 0 Å². The van der Waals surface area contributed by atoms with Crippen molar-refractivity contribution >= 4 is 38.6 Å². The molecule has 6 nitrogen and oxygen atoms in total. The highest BCUT2D eigenvalue weighted by molar-refractivity contribution is 9.10. The van der Waals surface area contributed by atoms with Crippen molar-refractivity contribution in [1.29, 1.82) is 0 Å². The van der Waals surface area contributed by atoms with E-state index in [0.29, 0.717) is 18.7 Å². The fourth-order valence-corrected chi connectivity index (χ4v) is 4.32. The van der Waals surface area contributed by atoms with E-state index in [9.17, 15) is 0 Å². The Bertz CT molecular complexity index is 987. The van der Waals surface area contributed by atoms with Crippen LogP contribution in [0.25, 0.3) is 10.9 Å². The highest BCUT2D eigenvalue weighted by Crippen LogP contribution is 2.26. The number of hydrogen-bond donors (Lipinski definition) is 2. The molecule has 3 aromatic rings. The predicted octanol–water partition coefficient (Wildman–Crippen LogP) is 4.85. The van der Waals surface area contributed by atoms with Crippen LogP contribution in [0.4, 0.5) is 11.8 Å². The Morgan fingerprint density at radius 1 is 0.968 bits per heavy atom. The Labute approximate surface area is 192 Å². The molecule has 0 unspecified atom stereocenters. The molecule has 4 rings (SSSR count). The Balaban J connectivity index is 1.24. The molecule has 0 saturated heterocycles. The van der Waals surface area contributed by atoms with Crippen molar-refractivity contribution in [2.24, 2.45) is 0 Å². The first-order valence-corrected chi connectivity index (χ1v) is 11.7. The topological polar surface area (TPSA) is 62.3 Å². The number of anilines is 2. The van der Waals surface area contributed by atoms with Gasteiger partial charge in [0.05, 0.1) is 5.52 Å². The molecule has 0 aliphatic heterocycles. The van der Waals surface area contributed by atoms with Crippen LogP contribution in [0.5, 0.6) is 5.75 Å². The zero-order chi connectivity index (χ0) is 21.6. The van der Waals surface area contributed by atoms with Gasteiger partial charge in [0.25, 0.3) is 0 Å². The summed E-state index contributed by atoms with van der Waals surface area (Å²) in [6.07, 6.45) is 4.51. The molecular weight excluding hydrogens is 454 g/mol. The van der Waals surface area contributed by atoms with E-state index >= 15 is 0 Å². The molecule has 0 radical (unpaired) electrons. The van der Waals surface area contributed by atoms with Crippen LogP contribution in [0.1, 0.15) is 25.7 Å². The second-order valence-electron chi connectivity index (χ2n) is 8.23. The van der Waals surface area contributed by atoms with Gasteiger partial charge in [0, 0.05) is 42.6 Å². The van der Waals surface area contributed by atoms with Gasteiger partial charge in [-0.15, -0.1) is 0 Å². The summed E-state index contributed by atoms with van der Waals surface area (Å²) in [5.74, 6) is 2.58. The van der Waals surface area contributed by atoms with Crippen LogP contribution in [-0.4, -0.2) is 49.3 Å². The first-order valence-electron chi connectivity index (χ1n) is 10.9. The Kier molecular flexibility index (Phi) is 7.25. The minimum Gasteiger partial charge on any atom is -0.492 e. The van der Waals surface area contributed by atoms with Crippen LogP contribution in [0, 0.1) is 0 Å². The van der Waals surface area contributed by atoms with Crippen molar-refractivity contribution in [3.8, 4) is 5.75 Å². The standard InChI is InChI=1S/C24H30BrN5O/c1-30(2)23-21-5-3-4-6-22(21)28-24(29-23)27-19-11-9-18(10-12-19)26-15-16-31-20-13-7-17(25)8-14-20/h3-8,13-14,18-19,26H,9-12,15-16H2,1-2H3,(H,27,28,29)/t18-,19+. The Morgan fingerprint density at radius 3 is 2.42 bits per heavy atom. The molecule has 164 valence electrons. The van der Waals surface area contributed by atoms with E-state index in [0.717, 1.165) is 65.1 Å². The van der Waals surface area contributed by atoms with Gasteiger partial charge in [0.2, 0.25) is 5.95 Å². The van der Waals surface area contributed by atoms with Crippen LogP contribution in [-0.2, 0) is 0 Å². The zero-order valence-corrected chi connectivity index (χ0v) is 19.7. The third kappa shape index (κ3) is 5.86. The number of nitrogens with zero attached hydrogens (tertiary/aromatic N) is 3. The number of halogens is 1. The number of hydrogen-bond acceptors (Lipinski definition) is 6. The van der Waals surface area contributed by atoms with E-state index in [1.165, 1.54) is 0 Å². The third-order valence-corrected chi connectivity index (χ3v) is 6.21. The van der Waals surface area contributed by atoms with Gasteiger partial charge in [0.15, 0.2) is 0 Å². The number of rotatable bonds is 8. The summed E-state index contributed by atoms with van der Waals surface area (Å²) in [6, 6.07) is 17.1. The predicted molar refractivity (Wildman–Crippen MR) is 131 cm³/mol. The lowest BCUT2D eigenvalue weighted by Crippen LogP contribution is -2.38. The van der Waals surface area contributed by atoms with Crippen molar-refractivity contribution in [2.45, 2.75) is 37.8 Å². The van der Waals surface area contributed by atoms with Crippen LogP contribution < -0.4 is 20.3 Å². The molecule has 2 N–H and O–H groups in total. The van der Waals surface area contributed by atoms with Crippen molar-refractivity contribution < 1.29 is 4.74 Å². The summed E-state index contributed by atoms with van der Waals surface area (Å²) >= 11 is 3.44. The number of fused-ring (bicyclic) bond motifs is 1. The van der Waals surface area contributed by atoms with E-state index in [2.05, 4.69) is 32.6 Å². The minimum atomic E-state index is 0.410. The van der Waals surface area contributed by atoms with E-state index < -0.39 is 0 Å². The van der Waals surface area contributed by atoms with Gasteiger partial charge in [-0.2, -0.15) is 4.98 Å².